The van der Waals surface area contributed by atoms with Gasteiger partial charge in [-0.05, 0) is 26.3 Å². The maximum absolute atomic E-state index is 12.3. The van der Waals surface area contributed by atoms with Crippen molar-refractivity contribution in [3.8, 4) is 0 Å². The maximum Gasteiger partial charge on any atom is 0.329 e. The van der Waals surface area contributed by atoms with Crippen LogP contribution in [0.3, 0.4) is 0 Å². The Bertz CT molecular complexity index is 620. The minimum Gasteiger partial charge on any atom is -0.456 e. The molecule has 0 saturated carbocycles. The predicted octanol–water partition coefficient (Wildman–Crippen LogP) is 0.756. The first kappa shape index (κ1) is 17.2. The summed E-state index contributed by atoms with van der Waals surface area (Å²) in [6.45, 7) is 4.67. The van der Waals surface area contributed by atoms with E-state index in [0.717, 1.165) is 11.4 Å². The molecular weight excluding hydrogens is 300 g/mol. The van der Waals surface area contributed by atoms with Crippen molar-refractivity contribution in [1.82, 2.24) is 9.88 Å². The molecule has 0 radical (unpaired) electrons. The highest BCUT2D eigenvalue weighted by Gasteiger charge is 2.29. The summed E-state index contributed by atoms with van der Waals surface area (Å²) in [5.74, 6) is -0.975. The molecule has 2 rings (SSSR count). The van der Waals surface area contributed by atoms with Gasteiger partial charge in [-0.2, -0.15) is 0 Å². The lowest BCUT2D eigenvalue weighted by Gasteiger charge is -2.10. The van der Waals surface area contributed by atoms with Gasteiger partial charge < -0.3 is 19.4 Å². The second-order valence-corrected chi connectivity index (χ2v) is 5.62. The van der Waals surface area contributed by atoms with Crippen LogP contribution in [0.25, 0.3) is 0 Å². The van der Waals surface area contributed by atoms with Gasteiger partial charge in [-0.15, -0.1) is 0 Å². The average Bonchev–Trinajstić information content (AvgIpc) is 3.07. The molecule has 1 aromatic heterocycles. The summed E-state index contributed by atoms with van der Waals surface area (Å²) in [4.78, 5) is 35.2. The summed E-state index contributed by atoms with van der Waals surface area (Å²) in [7, 11) is 1.63. The number of esters is 1. The fraction of sp³-hybridized carbons (Fsp3) is 0.562. The van der Waals surface area contributed by atoms with Crippen molar-refractivity contribution in [3.63, 3.8) is 0 Å². The van der Waals surface area contributed by atoms with E-state index in [-0.39, 0.29) is 18.3 Å². The highest BCUT2D eigenvalue weighted by molar-refractivity contribution is 5.99. The van der Waals surface area contributed by atoms with Crippen molar-refractivity contribution >= 4 is 17.7 Å². The first-order chi connectivity index (χ1) is 10.9. The van der Waals surface area contributed by atoms with E-state index in [1.807, 2.05) is 18.4 Å². The molecule has 1 aliphatic heterocycles. The Kier molecular flexibility index (Phi) is 5.54. The third kappa shape index (κ3) is 3.98. The molecular formula is C16H22N2O5. The van der Waals surface area contributed by atoms with Crippen LogP contribution in [0.5, 0.6) is 0 Å². The van der Waals surface area contributed by atoms with Crippen LogP contribution in [0.1, 0.15) is 34.6 Å². The van der Waals surface area contributed by atoms with Gasteiger partial charge in [0.15, 0.2) is 6.61 Å². The molecule has 0 spiro atoms. The van der Waals surface area contributed by atoms with E-state index in [9.17, 15) is 14.4 Å². The fourth-order valence-corrected chi connectivity index (χ4v) is 2.72. The number of nitrogens with zero attached hydrogens (tertiary/aromatic N) is 1. The van der Waals surface area contributed by atoms with Gasteiger partial charge in [-0.3, -0.25) is 9.59 Å². The molecule has 1 atom stereocenters. The van der Waals surface area contributed by atoms with Gasteiger partial charge in [0.05, 0.1) is 6.61 Å². The molecule has 23 heavy (non-hydrogen) atoms. The van der Waals surface area contributed by atoms with Crippen molar-refractivity contribution in [1.29, 1.82) is 0 Å². The molecule has 1 saturated heterocycles. The zero-order chi connectivity index (χ0) is 17.0. The lowest BCUT2D eigenvalue weighted by Crippen LogP contribution is -2.35. The number of carbonyl (C=O) groups is 3. The maximum atomic E-state index is 12.3. The highest BCUT2D eigenvalue weighted by Crippen LogP contribution is 2.16. The number of ether oxygens (including phenoxy) is 2. The van der Waals surface area contributed by atoms with Crippen molar-refractivity contribution < 1.29 is 23.9 Å². The van der Waals surface area contributed by atoms with Crippen molar-refractivity contribution in [3.05, 3.63) is 23.0 Å². The molecule has 0 bridgehead atoms. The topological polar surface area (TPSA) is 86.6 Å². The Morgan fingerprint density at radius 1 is 1.39 bits per heavy atom. The predicted molar refractivity (Wildman–Crippen MR) is 82.2 cm³/mol. The van der Waals surface area contributed by atoms with E-state index >= 15 is 0 Å². The molecule has 1 aliphatic rings. The molecule has 7 heteroatoms. The molecule has 2 heterocycles. The van der Waals surface area contributed by atoms with Crippen LogP contribution in [0, 0.1) is 13.8 Å². The van der Waals surface area contributed by atoms with Crippen LogP contribution in [-0.2, 0) is 25.6 Å². The Labute approximate surface area is 134 Å². The Morgan fingerprint density at radius 2 is 2.13 bits per heavy atom. The number of ketones is 1. The second-order valence-electron chi connectivity index (χ2n) is 5.62. The largest absolute Gasteiger partial charge is 0.456 e. The highest BCUT2D eigenvalue weighted by atomic mass is 16.5. The number of aryl methyl sites for hydroxylation is 1. The zero-order valence-corrected chi connectivity index (χ0v) is 13.7. The monoisotopic (exact) mass is 322 g/mol. The van der Waals surface area contributed by atoms with Crippen LogP contribution in [0.15, 0.2) is 6.07 Å². The lowest BCUT2D eigenvalue weighted by atomic mass is 10.1. The number of amides is 1. The molecule has 0 aromatic carbocycles. The number of aromatic nitrogens is 1. The van der Waals surface area contributed by atoms with Gasteiger partial charge in [0, 0.05) is 37.0 Å². The van der Waals surface area contributed by atoms with Crippen LogP contribution >= 0.6 is 0 Å². The van der Waals surface area contributed by atoms with E-state index in [0.29, 0.717) is 31.6 Å². The lowest BCUT2D eigenvalue weighted by molar-refractivity contribution is -0.145. The average molecular weight is 322 g/mol. The second kappa shape index (κ2) is 7.41. The Hall–Kier alpha value is -2.15. The van der Waals surface area contributed by atoms with E-state index in [1.54, 1.807) is 13.2 Å². The van der Waals surface area contributed by atoms with E-state index in [2.05, 4.69) is 5.32 Å². The van der Waals surface area contributed by atoms with Gasteiger partial charge >= 0.3 is 5.97 Å². The molecule has 126 valence electrons. The first-order valence-electron chi connectivity index (χ1n) is 7.59. The van der Waals surface area contributed by atoms with Gasteiger partial charge in [0.1, 0.15) is 6.04 Å². The number of methoxy groups -OCH3 is 1. The van der Waals surface area contributed by atoms with Crippen LogP contribution in [0.4, 0.5) is 0 Å². The number of Topliss-reactive ketones (excluding diaryl/α,β-unsaturated/α-hetero) is 1. The van der Waals surface area contributed by atoms with Crippen molar-refractivity contribution in [2.45, 2.75) is 39.3 Å². The smallest absolute Gasteiger partial charge is 0.329 e. The number of rotatable bonds is 7. The van der Waals surface area contributed by atoms with Crippen LogP contribution < -0.4 is 5.32 Å². The molecule has 1 amide bonds. The summed E-state index contributed by atoms with van der Waals surface area (Å²) in [6, 6.07) is 1.16. The standard InChI is InChI=1S/C16H22N2O5/c1-10-8-12(11(2)18(10)6-7-22-3)14(19)9-23-16(21)13-4-5-15(20)17-13/h8,13H,4-7,9H2,1-3H3,(H,17,20)/t13-/m0/s1. The van der Waals surface area contributed by atoms with E-state index < -0.39 is 12.0 Å². The number of hydrogen-bond donors (Lipinski definition) is 1. The SMILES string of the molecule is COCCn1c(C)cc(C(=O)COC(=O)[C@@H]2CCC(=O)N2)c1C. The molecule has 1 aromatic rings. The summed E-state index contributed by atoms with van der Waals surface area (Å²) < 4.78 is 12.1. The number of carbonyl (C=O) groups excluding carboxylic acids is 3. The fourth-order valence-electron chi connectivity index (χ4n) is 2.72. The normalized spacial score (nSPS) is 17.2. The van der Waals surface area contributed by atoms with Crippen LogP contribution in [-0.4, -0.2) is 48.6 Å². The molecule has 1 fully saturated rings. The van der Waals surface area contributed by atoms with Crippen LogP contribution in [0.2, 0.25) is 0 Å². The minimum absolute atomic E-state index is 0.167. The van der Waals surface area contributed by atoms with E-state index in [4.69, 9.17) is 9.47 Å². The Morgan fingerprint density at radius 3 is 2.74 bits per heavy atom. The first-order valence-corrected chi connectivity index (χ1v) is 7.59. The van der Waals surface area contributed by atoms with Crippen molar-refractivity contribution in [2.24, 2.45) is 0 Å². The van der Waals surface area contributed by atoms with Gasteiger partial charge in [-0.1, -0.05) is 0 Å². The summed E-state index contributed by atoms with van der Waals surface area (Å²) in [5.41, 5.74) is 2.33. The minimum atomic E-state index is -0.635. The molecule has 0 unspecified atom stereocenters. The summed E-state index contributed by atoms with van der Waals surface area (Å²) in [5, 5.41) is 2.52. The molecule has 0 aliphatic carbocycles. The third-order valence-electron chi connectivity index (χ3n) is 4.02. The summed E-state index contributed by atoms with van der Waals surface area (Å²) in [6.07, 6.45) is 0.728. The van der Waals surface area contributed by atoms with Gasteiger partial charge in [-0.25, -0.2) is 4.79 Å². The number of nitrogens with one attached hydrogen (secondary N) is 1. The Balaban J connectivity index is 1.95. The van der Waals surface area contributed by atoms with Gasteiger partial charge in [0.25, 0.3) is 0 Å². The van der Waals surface area contributed by atoms with E-state index in [1.165, 1.54) is 0 Å². The number of hydrogen-bond acceptors (Lipinski definition) is 5. The zero-order valence-electron chi connectivity index (χ0n) is 13.7. The summed E-state index contributed by atoms with van der Waals surface area (Å²) >= 11 is 0. The molecule has 1 N–H and O–H groups in total. The van der Waals surface area contributed by atoms with Gasteiger partial charge in [0.2, 0.25) is 11.7 Å². The third-order valence-corrected chi connectivity index (χ3v) is 4.02. The van der Waals surface area contributed by atoms with Crippen molar-refractivity contribution in [2.75, 3.05) is 20.3 Å². The quantitative estimate of drug-likeness (QED) is 0.591. The molecule has 7 nitrogen and oxygen atoms in total.